The summed E-state index contributed by atoms with van der Waals surface area (Å²) in [6, 6.07) is 4.56. The van der Waals surface area contributed by atoms with E-state index in [0.717, 1.165) is 31.6 Å². The zero-order valence-electron chi connectivity index (χ0n) is 10.1. The number of rotatable bonds is 2. The third-order valence-corrected chi connectivity index (χ3v) is 2.78. The van der Waals surface area contributed by atoms with E-state index in [9.17, 15) is 10.2 Å². The number of phenolic OH excluding ortho intramolecular Hbond substituents is 2. The van der Waals surface area contributed by atoms with Gasteiger partial charge in [0.2, 0.25) is 0 Å². The van der Waals surface area contributed by atoms with Gasteiger partial charge in [-0.3, -0.25) is 10.4 Å². The van der Waals surface area contributed by atoms with Crippen LogP contribution in [0.2, 0.25) is 0 Å². The number of hydrogen-bond acceptors (Lipinski definition) is 5. The highest BCUT2D eigenvalue weighted by molar-refractivity contribution is 5.85. The molecule has 0 spiro atoms. The second-order valence-electron chi connectivity index (χ2n) is 4.26. The molecular formula is C13H17N3O2. The quantitative estimate of drug-likeness (QED) is 0.425. The summed E-state index contributed by atoms with van der Waals surface area (Å²) in [5, 5.41) is 22.6. The Morgan fingerprint density at radius 2 is 2.06 bits per heavy atom. The number of phenols is 2. The zero-order valence-corrected chi connectivity index (χ0v) is 10.1. The van der Waals surface area contributed by atoms with E-state index in [2.05, 4.69) is 15.5 Å². The third kappa shape index (κ3) is 3.48. The highest BCUT2D eigenvalue weighted by atomic mass is 16.3. The van der Waals surface area contributed by atoms with Gasteiger partial charge >= 0.3 is 0 Å². The van der Waals surface area contributed by atoms with E-state index in [1.807, 2.05) is 0 Å². The smallest absolute Gasteiger partial charge is 0.158 e. The van der Waals surface area contributed by atoms with Crippen LogP contribution < -0.4 is 5.43 Å². The van der Waals surface area contributed by atoms with Crippen molar-refractivity contribution in [2.24, 2.45) is 10.1 Å². The van der Waals surface area contributed by atoms with E-state index >= 15 is 0 Å². The lowest BCUT2D eigenvalue weighted by Gasteiger charge is -2.02. The minimum absolute atomic E-state index is 0.131. The van der Waals surface area contributed by atoms with Gasteiger partial charge in [0, 0.05) is 13.0 Å². The Hall–Kier alpha value is -2.04. The number of nitrogens with zero attached hydrogens (tertiary/aromatic N) is 2. The van der Waals surface area contributed by atoms with E-state index in [0.29, 0.717) is 5.56 Å². The molecule has 1 aromatic rings. The number of hydrazone groups is 1. The summed E-state index contributed by atoms with van der Waals surface area (Å²) in [5.74, 6) is 0.630. The summed E-state index contributed by atoms with van der Waals surface area (Å²) < 4.78 is 0. The second-order valence-corrected chi connectivity index (χ2v) is 4.26. The Morgan fingerprint density at radius 1 is 1.17 bits per heavy atom. The Balaban J connectivity index is 1.94. The van der Waals surface area contributed by atoms with Crippen LogP contribution in [0.5, 0.6) is 11.5 Å². The fourth-order valence-corrected chi connectivity index (χ4v) is 1.77. The summed E-state index contributed by atoms with van der Waals surface area (Å²) in [5.41, 5.74) is 3.63. The fourth-order valence-electron chi connectivity index (χ4n) is 1.77. The molecule has 18 heavy (non-hydrogen) atoms. The molecule has 0 radical (unpaired) electrons. The molecule has 5 nitrogen and oxygen atoms in total. The first-order valence-corrected chi connectivity index (χ1v) is 6.10. The van der Waals surface area contributed by atoms with Gasteiger partial charge in [-0.2, -0.15) is 5.10 Å². The van der Waals surface area contributed by atoms with Crippen molar-refractivity contribution < 1.29 is 10.2 Å². The van der Waals surface area contributed by atoms with Crippen LogP contribution in [0.4, 0.5) is 0 Å². The Labute approximate surface area is 106 Å². The lowest BCUT2D eigenvalue weighted by Crippen LogP contribution is -2.17. The van der Waals surface area contributed by atoms with Gasteiger partial charge in [0.05, 0.1) is 6.21 Å². The highest BCUT2D eigenvalue weighted by Gasteiger charge is 2.02. The highest BCUT2D eigenvalue weighted by Crippen LogP contribution is 2.23. The Morgan fingerprint density at radius 3 is 2.89 bits per heavy atom. The fraction of sp³-hybridized carbons (Fsp3) is 0.385. The van der Waals surface area contributed by atoms with Crippen LogP contribution in [0.1, 0.15) is 31.2 Å². The topological polar surface area (TPSA) is 77.2 Å². The monoisotopic (exact) mass is 247 g/mol. The van der Waals surface area contributed by atoms with Crippen LogP contribution in [0.25, 0.3) is 0 Å². The minimum atomic E-state index is -0.147. The normalized spacial score (nSPS) is 16.3. The molecule has 0 atom stereocenters. The Kier molecular flexibility index (Phi) is 4.17. The van der Waals surface area contributed by atoms with Crippen molar-refractivity contribution in [2.45, 2.75) is 25.7 Å². The number of benzene rings is 1. The van der Waals surface area contributed by atoms with Crippen LogP contribution in [-0.2, 0) is 0 Å². The maximum atomic E-state index is 9.33. The summed E-state index contributed by atoms with van der Waals surface area (Å²) >= 11 is 0. The molecule has 0 unspecified atom stereocenters. The molecule has 0 aliphatic carbocycles. The maximum absolute atomic E-state index is 9.33. The maximum Gasteiger partial charge on any atom is 0.158 e. The first-order chi connectivity index (χ1) is 8.75. The number of aromatic hydroxyl groups is 2. The first kappa shape index (κ1) is 12.4. The molecule has 0 bridgehead atoms. The molecule has 1 aliphatic rings. The van der Waals surface area contributed by atoms with Gasteiger partial charge in [0.15, 0.2) is 11.5 Å². The predicted molar refractivity (Wildman–Crippen MR) is 71.3 cm³/mol. The molecule has 0 fully saturated rings. The number of nitrogens with one attached hydrogen (secondary N) is 1. The summed E-state index contributed by atoms with van der Waals surface area (Å²) in [6.45, 7) is 0.859. The molecular weight excluding hydrogens is 230 g/mol. The van der Waals surface area contributed by atoms with Crippen molar-refractivity contribution in [3.05, 3.63) is 23.8 Å². The van der Waals surface area contributed by atoms with Gasteiger partial charge < -0.3 is 10.2 Å². The average Bonchev–Trinajstić information content (AvgIpc) is 2.62. The van der Waals surface area contributed by atoms with Crippen LogP contribution in [-0.4, -0.2) is 28.8 Å². The number of aliphatic imine (C=N–C) groups is 1. The number of amidine groups is 1. The summed E-state index contributed by atoms with van der Waals surface area (Å²) in [6.07, 6.45) is 6.01. The SMILES string of the molecule is Oc1ccc(C=NNC2=NCCCCC2)cc1O. The standard InChI is InChI=1S/C13H17N3O2/c17-11-6-5-10(8-12(11)18)9-15-16-13-4-2-1-3-7-14-13/h5-6,8-9,17-18H,1-4,7H2,(H,14,16). The van der Waals surface area contributed by atoms with Gasteiger partial charge in [0.1, 0.15) is 5.84 Å². The lowest BCUT2D eigenvalue weighted by molar-refractivity contribution is 0.403. The molecule has 1 aliphatic heterocycles. The van der Waals surface area contributed by atoms with Crippen molar-refractivity contribution in [1.29, 1.82) is 0 Å². The van der Waals surface area contributed by atoms with Crippen molar-refractivity contribution in [3.63, 3.8) is 0 Å². The van der Waals surface area contributed by atoms with E-state index < -0.39 is 0 Å². The van der Waals surface area contributed by atoms with E-state index in [-0.39, 0.29) is 11.5 Å². The second kappa shape index (κ2) is 6.05. The van der Waals surface area contributed by atoms with Gasteiger partial charge in [-0.1, -0.05) is 6.42 Å². The van der Waals surface area contributed by atoms with Crippen LogP contribution in [0.3, 0.4) is 0 Å². The molecule has 0 saturated carbocycles. The van der Waals surface area contributed by atoms with Crippen molar-refractivity contribution in [3.8, 4) is 11.5 Å². The number of hydrogen-bond donors (Lipinski definition) is 3. The molecule has 5 heteroatoms. The van der Waals surface area contributed by atoms with E-state index in [1.54, 1.807) is 12.3 Å². The predicted octanol–water partition coefficient (Wildman–Crippen LogP) is 1.99. The molecule has 1 heterocycles. The summed E-state index contributed by atoms with van der Waals surface area (Å²) in [4.78, 5) is 4.39. The van der Waals surface area contributed by atoms with Gasteiger partial charge in [-0.15, -0.1) is 0 Å². The van der Waals surface area contributed by atoms with Gasteiger partial charge in [0.25, 0.3) is 0 Å². The van der Waals surface area contributed by atoms with Crippen molar-refractivity contribution >= 4 is 12.1 Å². The molecule has 96 valence electrons. The molecule has 0 amide bonds. The lowest BCUT2D eigenvalue weighted by atomic mass is 10.2. The molecule has 2 rings (SSSR count). The molecule has 0 saturated heterocycles. The largest absolute Gasteiger partial charge is 0.504 e. The van der Waals surface area contributed by atoms with Crippen LogP contribution >= 0.6 is 0 Å². The van der Waals surface area contributed by atoms with E-state index in [1.165, 1.54) is 18.6 Å². The Bertz CT molecular complexity index is 469. The minimum Gasteiger partial charge on any atom is -0.504 e. The van der Waals surface area contributed by atoms with Crippen molar-refractivity contribution in [2.75, 3.05) is 6.54 Å². The zero-order chi connectivity index (χ0) is 12.8. The molecule has 1 aromatic carbocycles. The van der Waals surface area contributed by atoms with Crippen LogP contribution in [0.15, 0.2) is 28.3 Å². The van der Waals surface area contributed by atoms with Gasteiger partial charge in [-0.05, 0) is 36.6 Å². The van der Waals surface area contributed by atoms with Crippen molar-refractivity contribution in [1.82, 2.24) is 5.43 Å². The average molecular weight is 247 g/mol. The van der Waals surface area contributed by atoms with Gasteiger partial charge in [-0.25, -0.2) is 0 Å². The molecule has 0 aromatic heterocycles. The first-order valence-electron chi connectivity index (χ1n) is 6.10. The summed E-state index contributed by atoms with van der Waals surface area (Å²) in [7, 11) is 0. The molecule has 3 N–H and O–H groups in total. The van der Waals surface area contributed by atoms with E-state index in [4.69, 9.17) is 0 Å². The van der Waals surface area contributed by atoms with Crippen LogP contribution in [0, 0.1) is 0 Å². The third-order valence-electron chi connectivity index (χ3n) is 2.78.